The molecule has 0 spiro atoms. The number of piperidine rings is 1. The van der Waals surface area contributed by atoms with Crippen molar-refractivity contribution in [1.29, 1.82) is 0 Å². The lowest BCUT2D eigenvalue weighted by Gasteiger charge is -2.48. The van der Waals surface area contributed by atoms with Crippen molar-refractivity contribution < 1.29 is 33.4 Å². The van der Waals surface area contributed by atoms with Gasteiger partial charge in [-0.2, -0.15) is 0 Å². The lowest BCUT2D eigenvalue weighted by Crippen LogP contribution is -2.68. The van der Waals surface area contributed by atoms with E-state index in [1.54, 1.807) is 32.6 Å². The van der Waals surface area contributed by atoms with Crippen molar-refractivity contribution in [3.63, 3.8) is 0 Å². The zero-order valence-corrected chi connectivity index (χ0v) is 27.3. The number of rotatable bonds is 10. The van der Waals surface area contributed by atoms with Gasteiger partial charge in [-0.15, -0.1) is 0 Å². The molecule has 12 heteroatoms. The molecule has 2 aliphatic rings. The minimum Gasteiger partial charge on any atom is -0.464 e. The normalized spacial score (nSPS) is 19.5. The van der Waals surface area contributed by atoms with Gasteiger partial charge in [0.2, 0.25) is 11.8 Å². The van der Waals surface area contributed by atoms with Crippen LogP contribution in [0.4, 0.5) is 9.59 Å². The summed E-state index contributed by atoms with van der Waals surface area (Å²) in [6.45, 7) is 7.38. The lowest BCUT2D eigenvalue weighted by molar-refractivity contribution is -0.155. The number of amides is 5. The molecule has 0 saturated carbocycles. The molecular weight excluding hydrogens is 602 g/mol. The summed E-state index contributed by atoms with van der Waals surface area (Å²) >= 11 is 0. The minimum atomic E-state index is -1.12. The molecule has 3 aromatic rings. The van der Waals surface area contributed by atoms with Gasteiger partial charge in [-0.1, -0.05) is 48.5 Å². The molecule has 2 aromatic carbocycles. The maximum Gasteiger partial charge on any atom is 0.408 e. The van der Waals surface area contributed by atoms with Gasteiger partial charge in [0, 0.05) is 48.9 Å². The number of ether oxygens (including phenoxy) is 2. The predicted octanol–water partition coefficient (Wildman–Crippen LogP) is 4.08. The van der Waals surface area contributed by atoms with Gasteiger partial charge in [-0.05, 0) is 57.7 Å². The zero-order valence-electron chi connectivity index (χ0n) is 27.3. The van der Waals surface area contributed by atoms with Crippen LogP contribution in [0.3, 0.4) is 0 Å². The van der Waals surface area contributed by atoms with Crippen LogP contribution in [-0.4, -0.2) is 87.6 Å². The van der Waals surface area contributed by atoms with Crippen molar-refractivity contribution in [2.45, 2.75) is 89.6 Å². The van der Waals surface area contributed by atoms with Gasteiger partial charge in [0.15, 0.2) is 0 Å². The van der Waals surface area contributed by atoms with Crippen LogP contribution in [0.15, 0.2) is 60.8 Å². The monoisotopic (exact) mass is 645 g/mol. The third kappa shape index (κ3) is 7.93. The molecule has 3 N–H and O–H groups in total. The fraction of sp³-hybridized carbons (Fsp3) is 0.457. The molecule has 1 aromatic heterocycles. The van der Waals surface area contributed by atoms with Crippen LogP contribution < -0.4 is 10.6 Å². The third-order valence-electron chi connectivity index (χ3n) is 8.46. The van der Waals surface area contributed by atoms with Crippen LogP contribution in [0, 0.1) is 0 Å². The maximum atomic E-state index is 13.9. The number of nitrogens with one attached hydrogen (secondary N) is 3. The molecule has 3 heterocycles. The van der Waals surface area contributed by atoms with Crippen LogP contribution in [0.5, 0.6) is 0 Å². The highest BCUT2D eigenvalue weighted by Crippen LogP contribution is 2.30. The summed E-state index contributed by atoms with van der Waals surface area (Å²) in [4.78, 5) is 73.2. The van der Waals surface area contributed by atoms with Gasteiger partial charge in [0.05, 0.1) is 12.6 Å². The van der Waals surface area contributed by atoms with E-state index in [0.717, 1.165) is 26.9 Å². The number of carbonyl (C=O) groups excluding carboxylic acids is 5. The summed E-state index contributed by atoms with van der Waals surface area (Å²) in [6, 6.07) is 13.0. The van der Waals surface area contributed by atoms with Gasteiger partial charge in [0.1, 0.15) is 17.7 Å². The Morgan fingerprint density at radius 3 is 2.47 bits per heavy atom. The molecule has 2 fully saturated rings. The smallest absolute Gasteiger partial charge is 0.408 e. The van der Waals surface area contributed by atoms with Crippen molar-refractivity contribution in [3.05, 3.63) is 71.9 Å². The highest BCUT2D eigenvalue weighted by molar-refractivity contribution is 6.01. The molecule has 0 radical (unpaired) electrons. The molecule has 0 bridgehead atoms. The Bertz CT molecular complexity index is 1610. The summed E-state index contributed by atoms with van der Waals surface area (Å²) in [6.07, 6.45) is 2.42. The number of esters is 1. The number of aromatic nitrogens is 1. The second kappa shape index (κ2) is 14.3. The number of H-pyrrole nitrogens is 1. The largest absolute Gasteiger partial charge is 0.464 e. The van der Waals surface area contributed by atoms with Crippen molar-refractivity contribution in [2.75, 3.05) is 13.2 Å². The minimum absolute atomic E-state index is 0.0754. The molecular formula is C35H43N5O7. The number of benzene rings is 2. The van der Waals surface area contributed by atoms with Gasteiger partial charge >= 0.3 is 18.1 Å². The first-order chi connectivity index (χ1) is 22.4. The maximum absolute atomic E-state index is 13.9. The van der Waals surface area contributed by atoms with E-state index in [1.165, 1.54) is 0 Å². The van der Waals surface area contributed by atoms with E-state index in [1.807, 2.05) is 60.8 Å². The summed E-state index contributed by atoms with van der Waals surface area (Å²) in [5.74, 6) is -1.61. The van der Waals surface area contributed by atoms with E-state index in [-0.39, 0.29) is 25.9 Å². The lowest BCUT2D eigenvalue weighted by atomic mass is 9.90. The van der Waals surface area contributed by atoms with Crippen molar-refractivity contribution in [2.24, 2.45) is 0 Å². The summed E-state index contributed by atoms with van der Waals surface area (Å²) < 4.78 is 10.8. The van der Waals surface area contributed by atoms with Gasteiger partial charge in [0.25, 0.3) is 0 Å². The van der Waals surface area contributed by atoms with Crippen molar-refractivity contribution >= 4 is 40.8 Å². The van der Waals surface area contributed by atoms with Gasteiger partial charge < -0.3 is 30.0 Å². The Balaban J connectivity index is 1.35. The molecule has 2 saturated heterocycles. The van der Waals surface area contributed by atoms with Crippen molar-refractivity contribution in [1.82, 2.24) is 25.4 Å². The Hall–Kier alpha value is -4.87. The predicted molar refractivity (Wildman–Crippen MR) is 174 cm³/mol. The average Bonchev–Trinajstić information content (AvgIpc) is 3.43. The van der Waals surface area contributed by atoms with E-state index < -0.39 is 59.7 Å². The Morgan fingerprint density at radius 1 is 1.02 bits per heavy atom. The number of nitrogens with zero attached hydrogens (tertiary/aromatic N) is 2. The number of alkyl carbamates (subject to hydrolysis) is 1. The molecule has 2 aliphatic heterocycles. The number of aromatic amines is 1. The number of carbonyl (C=O) groups is 5. The molecule has 250 valence electrons. The molecule has 0 unspecified atom stereocenters. The Morgan fingerprint density at radius 2 is 1.74 bits per heavy atom. The van der Waals surface area contributed by atoms with E-state index >= 15 is 0 Å². The highest BCUT2D eigenvalue weighted by atomic mass is 16.6. The first-order valence-electron chi connectivity index (χ1n) is 16.1. The quantitative estimate of drug-likeness (QED) is 0.281. The molecule has 5 rings (SSSR count). The SMILES string of the molecule is CCOC(=O)[C@@H](Cc1ccccc1)N1C(=O)C[C@H]2[C@H](NC(=O)[C@H](Cc3c[nH]c4ccccc34)NC(=O)OC(C)(C)C)CCCN2C1=O. The second-order valence-electron chi connectivity index (χ2n) is 13.0. The van der Waals surface area contributed by atoms with Gasteiger partial charge in [-0.25, -0.2) is 19.3 Å². The van der Waals surface area contributed by atoms with Gasteiger partial charge in [-0.3, -0.25) is 9.59 Å². The third-order valence-corrected chi connectivity index (χ3v) is 8.46. The van der Waals surface area contributed by atoms with Crippen LogP contribution in [-0.2, 0) is 36.7 Å². The number of urea groups is 1. The summed E-state index contributed by atoms with van der Waals surface area (Å²) in [7, 11) is 0. The van der Waals surface area contributed by atoms with Crippen LogP contribution in [0.25, 0.3) is 10.9 Å². The molecule has 0 aliphatic carbocycles. The van der Waals surface area contributed by atoms with E-state index in [9.17, 15) is 24.0 Å². The Kier molecular flexibility index (Phi) is 10.2. The fourth-order valence-electron chi connectivity index (χ4n) is 6.36. The topological polar surface area (TPSA) is 150 Å². The Labute approximate surface area is 274 Å². The number of imide groups is 1. The number of para-hydroxylation sites is 1. The highest BCUT2D eigenvalue weighted by Gasteiger charge is 2.48. The number of hydrogen-bond acceptors (Lipinski definition) is 7. The van der Waals surface area contributed by atoms with Crippen LogP contribution in [0.1, 0.15) is 58.1 Å². The first kappa shape index (κ1) is 33.5. The van der Waals surface area contributed by atoms with E-state index in [0.29, 0.717) is 19.4 Å². The van der Waals surface area contributed by atoms with Crippen LogP contribution >= 0.6 is 0 Å². The average molecular weight is 646 g/mol. The van der Waals surface area contributed by atoms with Crippen LogP contribution in [0.2, 0.25) is 0 Å². The molecule has 4 atom stereocenters. The molecule has 12 nitrogen and oxygen atoms in total. The summed E-state index contributed by atoms with van der Waals surface area (Å²) in [5.41, 5.74) is 1.76. The van der Waals surface area contributed by atoms with Crippen molar-refractivity contribution in [3.8, 4) is 0 Å². The number of hydrogen-bond donors (Lipinski definition) is 3. The van der Waals surface area contributed by atoms with E-state index in [2.05, 4.69) is 15.6 Å². The zero-order chi connectivity index (χ0) is 33.7. The molecule has 5 amide bonds. The molecule has 47 heavy (non-hydrogen) atoms. The fourth-order valence-corrected chi connectivity index (χ4v) is 6.36. The summed E-state index contributed by atoms with van der Waals surface area (Å²) in [5, 5.41) is 6.70. The van der Waals surface area contributed by atoms with E-state index in [4.69, 9.17) is 9.47 Å². The first-order valence-corrected chi connectivity index (χ1v) is 16.1. The number of fused-ring (bicyclic) bond motifs is 2. The second-order valence-corrected chi connectivity index (χ2v) is 13.0. The standard InChI is InChI=1S/C35H43N5O7/c1-5-46-32(43)29(18-22-12-7-6-8-13-22)40-30(41)20-28-26(16-11-17-39(28)34(40)45)37-31(42)27(38-33(44)47-35(2,3)4)19-23-21-36-25-15-10-9-14-24(23)25/h6-10,12-15,21,26-29,36H,5,11,16-20H2,1-4H3,(H,37,42)(H,38,44)/t26-,27+,28+,29-/m1/s1.